The number of nitrogens with one attached hydrogen (secondary N) is 2. The first-order valence-electron chi connectivity index (χ1n) is 5.83. The number of rotatable bonds is 6. The minimum atomic E-state index is -4.72. The number of alkyl halides is 3. The second-order valence-electron chi connectivity index (χ2n) is 3.97. The Balaban J connectivity index is 2.56. The Labute approximate surface area is 114 Å². The maximum atomic E-state index is 12.0. The van der Waals surface area contributed by atoms with E-state index in [9.17, 15) is 18.0 Å². The molecule has 7 heteroatoms. The largest absolute Gasteiger partial charge is 0.573 e. The highest BCUT2D eigenvalue weighted by molar-refractivity contribution is 5.84. The SMILES string of the molecule is C=CCNC(=O)C(C)Nc1ccc(OC(F)(F)F)cc1. The monoisotopic (exact) mass is 288 g/mol. The van der Waals surface area contributed by atoms with Crippen LogP contribution in [0.4, 0.5) is 18.9 Å². The molecule has 0 saturated heterocycles. The fourth-order valence-corrected chi connectivity index (χ4v) is 1.39. The number of anilines is 1. The Kier molecular flexibility index (Phi) is 5.42. The summed E-state index contributed by atoms with van der Waals surface area (Å²) >= 11 is 0. The first-order chi connectivity index (χ1) is 9.31. The van der Waals surface area contributed by atoms with Gasteiger partial charge in [-0.25, -0.2) is 0 Å². The number of benzene rings is 1. The van der Waals surface area contributed by atoms with Gasteiger partial charge in [0, 0.05) is 12.2 Å². The highest BCUT2D eigenvalue weighted by atomic mass is 19.4. The van der Waals surface area contributed by atoms with Gasteiger partial charge in [0.25, 0.3) is 0 Å². The van der Waals surface area contributed by atoms with Gasteiger partial charge in [0.05, 0.1) is 0 Å². The zero-order chi connectivity index (χ0) is 15.2. The Hall–Kier alpha value is -2.18. The minimum Gasteiger partial charge on any atom is -0.406 e. The fourth-order valence-electron chi connectivity index (χ4n) is 1.39. The van der Waals surface area contributed by atoms with E-state index in [4.69, 9.17) is 0 Å². The fraction of sp³-hybridized carbons (Fsp3) is 0.308. The molecule has 0 aliphatic rings. The molecule has 1 atom stereocenters. The molecule has 1 unspecified atom stereocenters. The van der Waals surface area contributed by atoms with E-state index in [2.05, 4.69) is 21.9 Å². The van der Waals surface area contributed by atoms with E-state index in [-0.39, 0.29) is 11.7 Å². The molecule has 110 valence electrons. The van der Waals surface area contributed by atoms with E-state index < -0.39 is 12.4 Å². The predicted molar refractivity (Wildman–Crippen MR) is 69.4 cm³/mol. The van der Waals surface area contributed by atoms with Crippen LogP contribution in [0.3, 0.4) is 0 Å². The third-order valence-corrected chi connectivity index (χ3v) is 2.28. The highest BCUT2D eigenvalue weighted by Gasteiger charge is 2.30. The van der Waals surface area contributed by atoms with Crippen LogP contribution in [0.1, 0.15) is 6.92 Å². The first-order valence-corrected chi connectivity index (χ1v) is 5.83. The van der Waals surface area contributed by atoms with Crippen molar-refractivity contribution in [2.75, 3.05) is 11.9 Å². The number of halogens is 3. The lowest BCUT2D eigenvalue weighted by molar-refractivity contribution is -0.274. The molecule has 0 aliphatic heterocycles. The molecule has 20 heavy (non-hydrogen) atoms. The smallest absolute Gasteiger partial charge is 0.406 e. The number of carbonyl (C=O) groups is 1. The van der Waals surface area contributed by atoms with Crippen molar-refractivity contribution in [1.82, 2.24) is 5.32 Å². The molecule has 1 aromatic carbocycles. The lowest BCUT2D eigenvalue weighted by Gasteiger charge is -2.15. The summed E-state index contributed by atoms with van der Waals surface area (Å²) in [6.07, 6.45) is -3.17. The molecule has 0 spiro atoms. The zero-order valence-corrected chi connectivity index (χ0v) is 10.8. The molecule has 0 bridgehead atoms. The van der Waals surface area contributed by atoms with Gasteiger partial charge >= 0.3 is 6.36 Å². The van der Waals surface area contributed by atoms with Crippen molar-refractivity contribution in [1.29, 1.82) is 0 Å². The summed E-state index contributed by atoms with van der Waals surface area (Å²) in [6, 6.07) is 4.62. The van der Waals surface area contributed by atoms with Gasteiger partial charge in [-0.05, 0) is 31.2 Å². The summed E-state index contributed by atoms with van der Waals surface area (Å²) in [5.41, 5.74) is 0.515. The topological polar surface area (TPSA) is 50.4 Å². The number of hydrogen-bond acceptors (Lipinski definition) is 3. The Morgan fingerprint density at radius 1 is 1.40 bits per heavy atom. The van der Waals surface area contributed by atoms with E-state index in [1.807, 2.05) is 0 Å². The quantitative estimate of drug-likeness (QED) is 0.791. The third-order valence-electron chi connectivity index (χ3n) is 2.28. The summed E-state index contributed by atoms with van der Waals surface area (Å²) in [4.78, 5) is 11.6. The number of carbonyl (C=O) groups excluding carboxylic acids is 1. The van der Waals surface area contributed by atoms with Crippen molar-refractivity contribution in [2.45, 2.75) is 19.3 Å². The van der Waals surface area contributed by atoms with Crippen LogP contribution in [0.2, 0.25) is 0 Å². The number of ether oxygens (including phenoxy) is 1. The molecule has 0 heterocycles. The van der Waals surface area contributed by atoms with Crippen LogP contribution < -0.4 is 15.4 Å². The van der Waals surface area contributed by atoms with E-state index >= 15 is 0 Å². The summed E-state index contributed by atoms with van der Waals surface area (Å²) in [5, 5.41) is 5.46. The van der Waals surface area contributed by atoms with E-state index in [0.717, 1.165) is 0 Å². The molecule has 0 fully saturated rings. The second-order valence-corrected chi connectivity index (χ2v) is 3.97. The van der Waals surface area contributed by atoms with Crippen molar-refractivity contribution in [2.24, 2.45) is 0 Å². The maximum absolute atomic E-state index is 12.0. The van der Waals surface area contributed by atoms with Gasteiger partial charge in [0.1, 0.15) is 11.8 Å². The van der Waals surface area contributed by atoms with Crippen molar-refractivity contribution < 1.29 is 22.7 Å². The molecule has 0 saturated carbocycles. The predicted octanol–water partition coefficient (Wildman–Crippen LogP) is 2.69. The van der Waals surface area contributed by atoms with Crippen LogP contribution in [0.25, 0.3) is 0 Å². The van der Waals surface area contributed by atoms with Crippen LogP contribution in [0.15, 0.2) is 36.9 Å². The third kappa shape index (κ3) is 5.64. The van der Waals surface area contributed by atoms with Crippen molar-refractivity contribution in [3.63, 3.8) is 0 Å². The lowest BCUT2D eigenvalue weighted by atomic mass is 10.2. The average molecular weight is 288 g/mol. The average Bonchev–Trinajstić information content (AvgIpc) is 2.36. The van der Waals surface area contributed by atoms with Crippen LogP contribution in [-0.4, -0.2) is 24.9 Å². The lowest BCUT2D eigenvalue weighted by Crippen LogP contribution is -2.37. The first kappa shape index (κ1) is 15.9. The van der Waals surface area contributed by atoms with Crippen LogP contribution in [-0.2, 0) is 4.79 Å². The van der Waals surface area contributed by atoms with Crippen LogP contribution in [0, 0.1) is 0 Å². The maximum Gasteiger partial charge on any atom is 0.573 e. The Morgan fingerprint density at radius 3 is 2.50 bits per heavy atom. The Morgan fingerprint density at radius 2 is 2.00 bits per heavy atom. The van der Waals surface area contributed by atoms with E-state index in [1.54, 1.807) is 13.0 Å². The number of hydrogen-bond donors (Lipinski definition) is 2. The van der Waals surface area contributed by atoms with Crippen molar-refractivity contribution in [3.05, 3.63) is 36.9 Å². The van der Waals surface area contributed by atoms with Gasteiger partial charge in [0.15, 0.2) is 0 Å². The molecular formula is C13H15F3N2O2. The molecule has 0 radical (unpaired) electrons. The van der Waals surface area contributed by atoms with Crippen LogP contribution >= 0.6 is 0 Å². The highest BCUT2D eigenvalue weighted by Crippen LogP contribution is 2.24. The molecule has 1 aromatic rings. The van der Waals surface area contributed by atoms with E-state index in [1.165, 1.54) is 24.3 Å². The summed E-state index contributed by atoms with van der Waals surface area (Å²) < 4.78 is 39.7. The standard InChI is InChI=1S/C13H15F3N2O2/c1-3-8-17-12(19)9(2)18-10-4-6-11(7-5-10)20-13(14,15)16/h3-7,9,18H,1,8H2,2H3,(H,17,19). The van der Waals surface area contributed by atoms with Crippen LogP contribution in [0.5, 0.6) is 5.75 Å². The van der Waals surface area contributed by atoms with Crippen molar-refractivity contribution in [3.8, 4) is 5.75 Å². The molecular weight excluding hydrogens is 273 g/mol. The van der Waals surface area contributed by atoms with Gasteiger partial charge in [0.2, 0.25) is 5.91 Å². The van der Waals surface area contributed by atoms with E-state index in [0.29, 0.717) is 12.2 Å². The molecule has 2 N–H and O–H groups in total. The zero-order valence-electron chi connectivity index (χ0n) is 10.8. The number of amides is 1. The van der Waals surface area contributed by atoms with Crippen molar-refractivity contribution >= 4 is 11.6 Å². The molecule has 0 aliphatic carbocycles. The van der Waals surface area contributed by atoms with Gasteiger partial charge in [-0.1, -0.05) is 6.08 Å². The minimum absolute atomic E-state index is 0.236. The van der Waals surface area contributed by atoms with Gasteiger partial charge < -0.3 is 15.4 Å². The van der Waals surface area contributed by atoms with Gasteiger partial charge in [-0.15, -0.1) is 19.8 Å². The molecule has 1 rings (SSSR count). The summed E-state index contributed by atoms with van der Waals surface area (Å²) in [6.45, 7) is 5.46. The summed E-state index contributed by atoms with van der Waals surface area (Å²) in [7, 11) is 0. The molecule has 0 aromatic heterocycles. The molecule has 4 nitrogen and oxygen atoms in total. The summed E-state index contributed by atoms with van der Waals surface area (Å²) in [5.74, 6) is -0.549. The molecule has 1 amide bonds. The van der Waals surface area contributed by atoms with Gasteiger partial charge in [-0.3, -0.25) is 4.79 Å². The second kappa shape index (κ2) is 6.83. The normalized spacial score (nSPS) is 12.4. The Bertz CT molecular complexity index is 458. The van der Waals surface area contributed by atoms with Gasteiger partial charge in [-0.2, -0.15) is 0 Å².